The lowest BCUT2D eigenvalue weighted by Gasteiger charge is -2.08. The zero-order valence-corrected chi connectivity index (χ0v) is 9.42. The summed E-state index contributed by atoms with van der Waals surface area (Å²) in [5, 5.41) is 0.244. The topological polar surface area (TPSA) is 22.4 Å². The third-order valence-corrected chi connectivity index (χ3v) is 2.37. The van der Waals surface area contributed by atoms with E-state index in [1.807, 2.05) is 0 Å². The van der Waals surface area contributed by atoms with E-state index in [2.05, 4.69) is 0 Å². The fraction of sp³-hybridized carbons (Fsp3) is 0.167. The first-order chi connectivity index (χ1) is 7.72. The molecular formula is C12H10ClFO2. The molecule has 0 spiro atoms. The van der Waals surface area contributed by atoms with E-state index in [1.54, 1.807) is 25.1 Å². The number of furan rings is 1. The van der Waals surface area contributed by atoms with E-state index in [0.717, 1.165) is 0 Å². The molecule has 0 radical (unpaired) electrons. The van der Waals surface area contributed by atoms with Gasteiger partial charge in [0.05, 0.1) is 17.9 Å². The molecule has 1 heterocycles. The molecule has 2 rings (SSSR count). The van der Waals surface area contributed by atoms with Crippen LogP contribution in [-0.2, 0) is 0 Å². The molecule has 0 saturated carbocycles. The van der Waals surface area contributed by atoms with Gasteiger partial charge in [0.25, 0.3) is 0 Å². The van der Waals surface area contributed by atoms with E-state index >= 15 is 0 Å². The normalized spacial score (nSPS) is 10.4. The minimum Gasteiger partial charge on any atom is -0.489 e. The van der Waals surface area contributed by atoms with Crippen molar-refractivity contribution in [2.24, 2.45) is 0 Å². The van der Waals surface area contributed by atoms with Crippen molar-refractivity contribution >= 4 is 11.6 Å². The standard InChI is InChI=1S/C12H10ClFO2/c1-2-15-12-9(13)6-8(7-10(12)14)11-4-3-5-16-11/h3-7H,2H2,1H3. The Morgan fingerprint density at radius 1 is 1.44 bits per heavy atom. The second kappa shape index (κ2) is 4.58. The molecule has 1 aromatic carbocycles. The Morgan fingerprint density at radius 3 is 2.81 bits per heavy atom. The Balaban J connectivity index is 2.45. The second-order valence-electron chi connectivity index (χ2n) is 3.18. The molecule has 0 N–H and O–H groups in total. The number of rotatable bonds is 3. The average molecular weight is 241 g/mol. The predicted molar refractivity (Wildman–Crippen MR) is 60.3 cm³/mol. The van der Waals surface area contributed by atoms with Gasteiger partial charge in [0.1, 0.15) is 5.76 Å². The summed E-state index contributed by atoms with van der Waals surface area (Å²) in [5.74, 6) is 0.170. The van der Waals surface area contributed by atoms with Crippen LogP contribution in [0.15, 0.2) is 34.9 Å². The van der Waals surface area contributed by atoms with Crippen LogP contribution >= 0.6 is 11.6 Å². The quantitative estimate of drug-likeness (QED) is 0.805. The predicted octanol–water partition coefficient (Wildman–Crippen LogP) is 4.14. The summed E-state index contributed by atoms with van der Waals surface area (Å²) in [6.07, 6.45) is 1.53. The highest BCUT2D eigenvalue weighted by atomic mass is 35.5. The zero-order chi connectivity index (χ0) is 11.5. The molecule has 84 valence electrons. The van der Waals surface area contributed by atoms with E-state index < -0.39 is 5.82 Å². The monoisotopic (exact) mass is 240 g/mol. The van der Waals surface area contributed by atoms with Crippen molar-refractivity contribution < 1.29 is 13.5 Å². The molecule has 0 aliphatic rings. The van der Waals surface area contributed by atoms with Gasteiger partial charge in [-0.1, -0.05) is 11.6 Å². The van der Waals surface area contributed by atoms with Crippen molar-refractivity contribution in [2.45, 2.75) is 6.92 Å². The van der Waals surface area contributed by atoms with E-state index in [1.165, 1.54) is 12.3 Å². The van der Waals surface area contributed by atoms with Crippen molar-refractivity contribution in [3.8, 4) is 17.1 Å². The van der Waals surface area contributed by atoms with Crippen LogP contribution in [0.4, 0.5) is 4.39 Å². The maximum absolute atomic E-state index is 13.6. The van der Waals surface area contributed by atoms with E-state index in [9.17, 15) is 4.39 Å². The van der Waals surface area contributed by atoms with E-state index in [0.29, 0.717) is 17.9 Å². The highest BCUT2D eigenvalue weighted by Crippen LogP contribution is 2.33. The summed E-state index contributed by atoms with van der Waals surface area (Å²) < 4.78 is 23.9. The first-order valence-corrected chi connectivity index (χ1v) is 5.26. The molecule has 0 aliphatic heterocycles. The minimum atomic E-state index is -0.485. The molecule has 0 unspecified atom stereocenters. The summed E-state index contributed by atoms with van der Waals surface area (Å²) in [6, 6.07) is 6.44. The fourth-order valence-electron chi connectivity index (χ4n) is 1.43. The second-order valence-corrected chi connectivity index (χ2v) is 3.59. The van der Waals surface area contributed by atoms with Crippen molar-refractivity contribution in [3.05, 3.63) is 41.4 Å². The molecular weight excluding hydrogens is 231 g/mol. The van der Waals surface area contributed by atoms with Crippen LogP contribution < -0.4 is 4.74 Å². The van der Waals surface area contributed by atoms with Crippen LogP contribution in [0.1, 0.15) is 6.92 Å². The number of hydrogen-bond donors (Lipinski definition) is 0. The Hall–Kier alpha value is -1.48. The molecule has 0 amide bonds. The highest BCUT2D eigenvalue weighted by molar-refractivity contribution is 6.32. The first-order valence-electron chi connectivity index (χ1n) is 4.88. The molecule has 0 saturated heterocycles. The maximum atomic E-state index is 13.6. The third-order valence-electron chi connectivity index (χ3n) is 2.09. The van der Waals surface area contributed by atoms with Gasteiger partial charge in [-0.25, -0.2) is 4.39 Å². The molecule has 4 heteroatoms. The van der Waals surface area contributed by atoms with Crippen LogP contribution in [0.25, 0.3) is 11.3 Å². The van der Waals surface area contributed by atoms with Gasteiger partial charge in [0.2, 0.25) is 0 Å². The number of hydrogen-bond acceptors (Lipinski definition) is 2. The van der Waals surface area contributed by atoms with Crippen LogP contribution in [0.3, 0.4) is 0 Å². The van der Waals surface area contributed by atoms with Gasteiger partial charge in [-0.3, -0.25) is 0 Å². The molecule has 2 nitrogen and oxygen atoms in total. The minimum absolute atomic E-state index is 0.0828. The smallest absolute Gasteiger partial charge is 0.173 e. The first kappa shape index (κ1) is 11.0. The van der Waals surface area contributed by atoms with Gasteiger partial charge in [0, 0.05) is 5.56 Å². The molecule has 0 bridgehead atoms. The van der Waals surface area contributed by atoms with Gasteiger partial charge >= 0.3 is 0 Å². The molecule has 16 heavy (non-hydrogen) atoms. The Bertz CT molecular complexity index is 457. The Morgan fingerprint density at radius 2 is 2.25 bits per heavy atom. The van der Waals surface area contributed by atoms with Crippen LogP contribution in [0, 0.1) is 5.82 Å². The zero-order valence-electron chi connectivity index (χ0n) is 8.67. The SMILES string of the molecule is CCOc1c(F)cc(-c2ccco2)cc1Cl. The largest absolute Gasteiger partial charge is 0.489 e. The van der Waals surface area contributed by atoms with Crippen LogP contribution in [0.2, 0.25) is 5.02 Å². The molecule has 0 atom stereocenters. The Labute approximate surface area is 97.6 Å². The van der Waals surface area contributed by atoms with Crippen LogP contribution in [-0.4, -0.2) is 6.61 Å². The van der Waals surface area contributed by atoms with Crippen molar-refractivity contribution in [2.75, 3.05) is 6.61 Å². The van der Waals surface area contributed by atoms with Crippen molar-refractivity contribution in [1.82, 2.24) is 0 Å². The van der Waals surface area contributed by atoms with Crippen molar-refractivity contribution in [3.63, 3.8) is 0 Å². The summed E-state index contributed by atoms with van der Waals surface area (Å²) >= 11 is 5.92. The van der Waals surface area contributed by atoms with Gasteiger partial charge in [0.15, 0.2) is 11.6 Å². The van der Waals surface area contributed by atoms with Crippen LogP contribution in [0.5, 0.6) is 5.75 Å². The lowest BCUT2D eigenvalue weighted by atomic mass is 10.1. The molecule has 0 aliphatic carbocycles. The lowest BCUT2D eigenvalue weighted by molar-refractivity contribution is 0.322. The highest BCUT2D eigenvalue weighted by Gasteiger charge is 2.12. The maximum Gasteiger partial charge on any atom is 0.173 e. The van der Waals surface area contributed by atoms with Crippen molar-refractivity contribution in [1.29, 1.82) is 0 Å². The van der Waals surface area contributed by atoms with Gasteiger partial charge in [-0.2, -0.15) is 0 Å². The lowest BCUT2D eigenvalue weighted by Crippen LogP contribution is -1.96. The summed E-state index contributed by atoms with van der Waals surface area (Å²) in [4.78, 5) is 0. The Kier molecular flexibility index (Phi) is 3.15. The molecule has 2 aromatic rings. The van der Waals surface area contributed by atoms with E-state index in [4.69, 9.17) is 20.8 Å². The average Bonchev–Trinajstić information content (AvgIpc) is 2.76. The summed E-state index contributed by atoms with van der Waals surface area (Å²) in [7, 11) is 0. The third kappa shape index (κ3) is 2.04. The fourth-order valence-corrected chi connectivity index (χ4v) is 1.69. The number of benzene rings is 1. The number of ether oxygens (including phenoxy) is 1. The number of halogens is 2. The van der Waals surface area contributed by atoms with Gasteiger partial charge in [-0.05, 0) is 31.2 Å². The summed E-state index contributed by atoms with van der Waals surface area (Å²) in [5.41, 5.74) is 0.593. The molecule has 1 aromatic heterocycles. The van der Waals surface area contributed by atoms with E-state index in [-0.39, 0.29) is 10.8 Å². The summed E-state index contributed by atoms with van der Waals surface area (Å²) in [6.45, 7) is 2.15. The van der Waals surface area contributed by atoms with Gasteiger partial charge < -0.3 is 9.15 Å². The molecule has 0 fully saturated rings. The van der Waals surface area contributed by atoms with Gasteiger partial charge in [-0.15, -0.1) is 0 Å².